The van der Waals surface area contributed by atoms with Gasteiger partial charge in [0.15, 0.2) is 0 Å². The molecule has 2 aliphatic heterocycles. The van der Waals surface area contributed by atoms with Crippen molar-refractivity contribution < 1.29 is 0 Å². The Morgan fingerprint density at radius 1 is 1.08 bits per heavy atom. The van der Waals surface area contributed by atoms with Crippen molar-refractivity contribution in [2.45, 2.75) is 25.3 Å². The van der Waals surface area contributed by atoms with E-state index in [-0.39, 0.29) is 0 Å². The molecule has 2 aliphatic rings. The minimum atomic E-state index is 0.495. The number of piperazine rings is 1. The molecule has 1 atom stereocenters. The summed E-state index contributed by atoms with van der Waals surface area (Å²) >= 11 is 0. The maximum Gasteiger partial charge on any atom is 0.0955 e. The topological polar surface area (TPSA) is 36.3 Å². The van der Waals surface area contributed by atoms with Gasteiger partial charge in [-0.2, -0.15) is 0 Å². The van der Waals surface area contributed by atoms with Crippen molar-refractivity contribution in [2.24, 2.45) is 7.05 Å². The van der Waals surface area contributed by atoms with Gasteiger partial charge in [-0.1, -0.05) is 12.5 Å². The van der Waals surface area contributed by atoms with Crippen molar-refractivity contribution in [3.8, 4) is 0 Å². The first kappa shape index (κ1) is 16.1. The first-order valence-corrected chi connectivity index (χ1v) is 9.39. The predicted molar refractivity (Wildman–Crippen MR) is 98.2 cm³/mol. The van der Waals surface area contributed by atoms with Gasteiger partial charge in [0.05, 0.1) is 17.4 Å². The highest BCUT2D eigenvalue weighted by atomic mass is 15.2. The summed E-state index contributed by atoms with van der Waals surface area (Å²) < 4.78 is 2.10. The number of rotatable bonds is 4. The van der Waals surface area contributed by atoms with Gasteiger partial charge in [-0.15, -0.1) is 0 Å². The Bertz CT molecular complexity index is 667. The summed E-state index contributed by atoms with van der Waals surface area (Å²) in [5.41, 5.74) is 3.78. The maximum absolute atomic E-state index is 4.57. The second kappa shape index (κ2) is 7.21. The third-order valence-electron chi connectivity index (χ3n) is 5.61. The van der Waals surface area contributed by atoms with E-state index in [0.717, 1.165) is 38.2 Å². The number of nitrogens with one attached hydrogen (secondary N) is 1. The number of benzene rings is 1. The lowest BCUT2D eigenvalue weighted by atomic mass is 10.00. The van der Waals surface area contributed by atoms with Crippen LogP contribution in [0.5, 0.6) is 0 Å². The Labute approximate surface area is 144 Å². The quantitative estimate of drug-likeness (QED) is 0.932. The van der Waals surface area contributed by atoms with Crippen LogP contribution >= 0.6 is 0 Å². The van der Waals surface area contributed by atoms with E-state index in [1.807, 2.05) is 6.33 Å². The second-order valence-corrected chi connectivity index (χ2v) is 7.27. The number of aromatic nitrogens is 2. The van der Waals surface area contributed by atoms with Crippen molar-refractivity contribution in [1.82, 2.24) is 24.7 Å². The van der Waals surface area contributed by atoms with Gasteiger partial charge in [0.25, 0.3) is 0 Å². The summed E-state index contributed by atoms with van der Waals surface area (Å²) in [5, 5.41) is 3.47. The van der Waals surface area contributed by atoms with E-state index in [1.54, 1.807) is 0 Å². The number of nitrogens with zero attached hydrogens (tertiary/aromatic N) is 4. The lowest BCUT2D eigenvalue weighted by molar-refractivity contribution is 0.111. The predicted octanol–water partition coefficient (Wildman–Crippen LogP) is 2.01. The highest BCUT2D eigenvalue weighted by molar-refractivity contribution is 5.76. The highest BCUT2D eigenvalue weighted by Gasteiger charge is 2.25. The molecule has 1 unspecified atom stereocenters. The molecule has 0 spiro atoms. The normalized spacial score (nSPS) is 22.0. The van der Waals surface area contributed by atoms with Gasteiger partial charge < -0.3 is 9.88 Å². The van der Waals surface area contributed by atoms with Crippen molar-refractivity contribution in [2.75, 3.05) is 45.8 Å². The van der Waals surface area contributed by atoms with Gasteiger partial charge in [-0.25, -0.2) is 4.98 Å². The smallest absolute Gasteiger partial charge is 0.0955 e. The molecule has 1 aromatic carbocycles. The third-order valence-corrected chi connectivity index (χ3v) is 5.61. The molecule has 0 aliphatic carbocycles. The summed E-state index contributed by atoms with van der Waals surface area (Å²) in [4.78, 5) is 9.90. The molecular weight excluding hydrogens is 298 g/mol. The molecule has 5 heteroatoms. The van der Waals surface area contributed by atoms with Crippen LogP contribution in [0.4, 0.5) is 0 Å². The van der Waals surface area contributed by atoms with Gasteiger partial charge in [0.1, 0.15) is 0 Å². The zero-order valence-electron chi connectivity index (χ0n) is 14.7. The van der Waals surface area contributed by atoms with Crippen molar-refractivity contribution in [3.63, 3.8) is 0 Å². The molecule has 2 saturated heterocycles. The Kier molecular flexibility index (Phi) is 4.83. The first-order chi connectivity index (χ1) is 11.8. The van der Waals surface area contributed by atoms with Crippen LogP contribution in [0.1, 0.15) is 30.9 Å². The molecule has 24 heavy (non-hydrogen) atoms. The molecule has 0 amide bonds. The monoisotopic (exact) mass is 327 g/mol. The van der Waals surface area contributed by atoms with Crippen LogP contribution in [0.3, 0.4) is 0 Å². The lowest BCUT2D eigenvalue weighted by Crippen LogP contribution is -2.48. The van der Waals surface area contributed by atoms with E-state index in [1.165, 1.54) is 43.4 Å². The minimum Gasteiger partial charge on any atom is -0.334 e. The summed E-state index contributed by atoms with van der Waals surface area (Å²) in [7, 11) is 2.07. The van der Waals surface area contributed by atoms with Gasteiger partial charge >= 0.3 is 0 Å². The highest BCUT2D eigenvalue weighted by Crippen LogP contribution is 2.28. The molecule has 2 aromatic rings. The van der Waals surface area contributed by atoms with Crippen LogP contribution in [0.25, 0.3) is 11.0 Å². The van der Waals surface area contributed by atoms with Crippen LogP contribution in [0, 0.1) is 0 Å². The Balaban J connectivity index is 1.61. The molecule has 1 N–H and O–H groups in total. The Morgan fingerprint density at radius 2 is 1.88 bits per heavy atom. The maximum atomic E-state index is 4.57. The van der Waals surface area contributed by atoms with Gasteiger partial charge in [-0.05, 0) is 43.6 Å². The average molecular weight is 327 g/mol. The van der Waals surface area contributed by atoms with Crippen LogP contribution in [0.2, 0.25) is 0 Å². The van der Waals surface area contributed by atoms with E-state index < -0.39 is 0 Å². The number of aryl methyl sites for hydroxylation is 1. The molecule has 5 nitrogen and oxygen atoms in total. The van der Waals surface area contributed by atoms with E-state index in [0.29, 0.717) is 6.04 Å². The molecule has 4 rings (SSSR count). The van der Waals surface area contributed by atoms with E-state index >= 15 is 0 Å². The average Bonchev–Trinajstić information content (AvgIpc) is 3.02. The van der Waals surface area contributed by atoms with Gasteiger partial charge in [-0.3, -0.25) is 9.80 Å². The molecule has 0 radical (unpaired) electrons. The van der Waals surface area contributed by atoms with Crippen LogP contribution < -0.4 is 5.32 Å². The zero-order valence-corrected chi connectivity index (χ0v) is 14.7. The molecule has 0 saturated carbocycles. The number of likely N-dealkylation sites (tertiary alicyclic amines) is 1. The fourth-order valence-corrected chi connectivity index (χ4v) is 4.16. The van der Waals surface area contributed by atoms with Gasteiger partial charge in [0, 0.05) is 45.8 Å². The van der Waals surface area contributed by atoms with Crippen LogP contribution in [0.15, 0.2) is 24.5 Å². The minimum absolute atomic E-state index is 0.495. The molecule has 1 aromatic heterocycles. The lowest BCUT2D eigenvalue weighted by Gasteiger charge is -2.39. The Morgan fingerprint density at radius 3 is 2.67 bits per heavy atom. The fraction of sp³-hybridized carbons (Fsp3) is 0.632. The summed E-state index contributed by atoms with van der Waals surface area (Å²) in [6.07, 6.45) is 5.98. The number of hydrogen-bond donors (Lipinski definition) is 1. The number of hydrogen-bond acceptors (Lipinski definition) is 4. The van der Waals surface area contributed by atoms with E-state index in [2.05, 4.69) is 49.9 Å². The van der Waals surface area contributed by atoms with Crippen LogP contribution in [-0.2, 0) is 7.05 Å². The van der Waals surface area contributed by atoms with Crippen molar-refractivity contribution in [3.05, 3.63) is 30.1 Å². The van der Waals surface area contributed by atoms with Crippen molar-refractivity contribution in [1.29, 1.82) is 0 Å². The van der Waals surface area contributed by atoms with Crippen molar-refractivity contribution >= 4 is 11.0 Å². The summed E-state index contributed by atoms with van der Waals surface area (Å²) in [5.74, 6) is 0. The molecule has 0 bridgehead atoms. The zero-order chi connectivity index (χ0) is 16.4. The standard InChI is InChI=1S/C19H29N5/c1-22-15-21-17-13-16(5-6-18(17)22)19(24-9-3-2-4-10-24)14-23-11-7-20-8-12-23/h5-6,13,15,19-20H,2-4,7-12,14H2,1H3. The second-order valence-electron chi connectivity index (χ2n) is 7.27. The number of piperidine rings is 1. The summed E-state index contributed by atoms with van der Waals surface area (Å²) in [6.45, 7) is 8.17. The number of imidazole rings is 1. The molecular formula is C19H29N5. The largest absolute Gasteiger partial charge is 0.334 e. The number of fused-ring (bicyclic) bond motifs is 1. The first-order valence-electron chi connectivity index (χ1n) is 9.39. The third kappa shape index (κ3) is 3.34. The van der Waals surface area contributed by atoms with Gasteiger partial charge in [0.2, 0.25) is 0 Å². The molecule has 3 heterocycles. The summed E-state index contributed by atoms with van der Waals surface area (Å²) in [6, 6.07) is 7.38. The SMILES string of the molecule is Cn1cnc2cc(C(CN3CCNCC3)N3CCCCC3)ccc21. The van der Waals surface area contributed by atoms with Crippen LogP contribution in [-0.4, -0.2) is 65.2 Å². The fourth-order valence-electron chi connectivity index (χ4n) is 4.16. The Hall–Kier alpha value is -1.43. The van der Waals surface area contributed by atoms with E-state index in [4.69, 9.17) is 0 Å². The molecule has 2 fully saturated rings. The molecule has 130 valence electrons. The van der Waals surface area contributed by atoms with E-state index in [9.17, 15) is 0 Å².